The van der Waals surface area contributed by atoms with E-state index in [1.807, 2.05) is 6.08 Å². The van der Waals surface area contributed by atoms with Gasteiger partial charge >= 0.3 is 0 Å². The lowest BCUT2D eigenvalue weighted by Crippen LogP contribution is -2.11. The van der Waals surface area contributed by atoms with Gasteiger partial charge in [0.1, 0.15) is 11.4 Å². The molecule has 1 unspecified atom stereocenters. The first kappa shape index (κ1) is 13.4. The second-order valence-corrected chi connectivity index (χ2v) is 3.49. The van der Waals surface area contributed by atoms with E-state index in [4.69, 9.17) is 9.47 Å². The summed E-state index contributed by atoms with van der Waals surface area (Å²) >= 11 is 2.15. The van der Waals surface area contributed by atoms with Crippen LogP contribution in [-0.4, -0.2) is 17.5 Å². The van der Waals surface area contributed by atoms with Crippen molar-refractivity contribution < 1.29 is 9.47 Å². The van der Waals surface area contributed by atoms with Gasteiger partial charge in [-0.25, -0.2) is 0 Å². The average molecular weight is 298 g/mol. The largest absolute Gasteiger partial charge is 0.348 e. The van der Waals surface area contributed by atoms with E-state index in [-0.39, 0.29) is 6.10 Å². The molecule has 0 fully saturated rings. The van der Waals surface area contributed by atoms with E-state index in [0.29, 0.717) is 11.4 Å². The van der Waals surface area contributed by atoms with Crippen LogP contribution in [0, 0.1) is 0 Å². The number of unbranched alkanes of at least 4 members (excludes halogenated alkanes) is 2. The topological polar surface area (TPSA) is 18.5 Å². The molecule has 0 N–H and O–H groups in total. The molecule has 0 rings (SSSR count). The van der Waals surface area contributed by atoms with E-state index in [1.165, 1.54) is 19.3 Å². The van der Waals surface area contributed by atoms with Crippen LogP contribution in [0.5, 0.6) is 0 Å². The summed E-state index contributed by atoms with van der Waals surface area (Å²) in [4.78, 5) is 0. The molecule has 0 aromatic rings. The molecule has 0 saturated carbocycles. The minimum Gasteiger partial charge on any atom is -0.348 e. The molecule has 78 valence electrons. The highest BCUT2D eigenvalue weighted by Crippen LogP contribution is 2.07. The highest BCUT2D eigenvalue weighted by Gasteiger charge is 2.02. The Bertz CT molecular complexity index is 107. The van der Waals surface area contributed by atoms with Crippen LogP contribution in [0.25, 0.3) is 0 Å². The van der Waals surface area contributed by atoms with Gasteiger partial charge in [-0.3, -0.25) is 0 Å². The Balaban J connectivity index is 3.34. The Morgan fingerprint density at radius 2 is 2.23 bits per heavy atom. The SMILES string of the molecule is C=CC(CCCCC)OCOCI. The van der Waals surface area contributed by atoms with Gasteiger partial charge in [-0.05, 0) is 6.42 Å². The molecule has 0 aliphatic rings. The lowest BCUT2D eigenvalue weighted by molar-refractivity contribution is -0.0603. The Morgan fingerprint density at radius 3 is 2.77 bits per heavy atom. The molecule has 0 heterocycles. The van der Waals surface area contributed by atoms with Crippen LogP contribution in [0.15, 0.2) is 12.7 Å². The van der Waals surface area contributed by atoms with E-state index in [9.17, 15) is 0 Å². The first-order valence-corrected chi connectivity index (χ1v) is 6.25. The smallest absolute Gasteiger partial charge is 0.148 e. The maximum Gasteiger partial charge on any atom is 0.148 e. The fourth-order valence-corrected chi connectivity index (χ4v) is 1.21. The van der Waals surface area contributed by atoms with E-state index in [1.54, 1.807) is 0 Å². The highest BCUT2D eigenvalue weighted by atomic mass is 127. The normalized spacial score (nSPS) is 12.8. The molecular formula is C10H19IO2. The summed E-state index contributed by atoms with van der Waals surface area (Å²) in [6.07, 6.45) is 6.79. The molecular weight excluding hydrogens is 279 g/mol. The zero-order valence-electron chi connectivity index (χ0n) is 8.30. The molecule has 0 amide bonds. The number of ether oxygens (including phenoxy) is 2. The van der Waals surface area contributed by atoms with Gasteiger partial charge in [-0.1, -0.05) is 54.9 Å². The lowest BCUT2D eigenvalue weighted by Gasteiger charge is -2.12. The summed E-state index contributed by atoms with van der Waals surface area (Å²) in [6.45, 7) is 6.31. The monoisotopic (exact) mass is 298 g/mol. The number of rotatable bonds is 9. The molecule has 0 radical (unpaired) electrons. The van der Waals surface area contributed by atoms with E-state index >= 15 is 0 Å². The fraction of sp³-hybridized carbons (Fsp3) is 0.800. The maximum absolute atomic E-state index is 5.43. The van der Waals surface area contributed by atoms with Crippen molar-refractivity contribution in [3.63, 3.8) is 0 Å². The molecule has 0 aliphatic carbocycles. The Kier molecular flexibility index (Phi) is 10.8. The van der Waals surface area contributed by atoms with Crippen LogP contribution in [0.2, 0.25) is 0 Å². The average Bonchev–Trinajstić information content (AvgIpc) is 2.16. The predicted octanol–water partition coefficient (Wildman–Crippen LogP) is 3.50. The summed E-state index contributed by atoms with van der Waals surface area (Å²) in [5.74, 6) is 0. The van der Waals surface area contributed by atoms with Gasteiger partial charge in [0.05, 0.1) is 6.10 Å². The molecule has 0 bridgehead atoms. The van der Waals surface area contributed by atoms with Crippen LogP contribution >= 0.6 is 22.6 Å². The standard InChI is InChI=1S/C10H19IO2/c1-3-5-6-7-10(4-2)13-9-12-8-11/h4,10H,2-3,5-9H2,1H3. The summed E-state index contributed by atoms with van der Waals surface area (Å²) < 4.78 is 11.2. The summed E-state index contributed by atoms with van der Waals surface area (Å²) in [7, 11) is 0. The van der Waals surface area contributed by atoms with Gasteiger partial charge in [-0.2, -0.15) is 0 Å². The molecule has 0 saturated heterocycles. The Labute approximate surface area is 94.8 Å². The highest BCUT2D eigenvalue weighted by molar-refractivity contribution is 14.1. The Hall–Kier alpha value is 0.390. The van der Waals surface area contributed by atoms with Crippen molar-refractivity contribution in [2.24, 2.45) is 0 Å². The lowest BCUT2D eigenvalue weighted by atomic mass is 10.1. The van der Waals surface area contributed by atoms with Crippen molar-refractivity contribution in [1.29, 1.82) is 0 Å². The van der Waals surface area contributed by atoms with Crippen molar-refractivity contribution >= 4 is 22.6 Å². The van der Waals surface area contributed by atoms with Crippen LogP contribution in [0.4, 0.5) is 0 Å². The summed E-state index contributed by atoms with van der Waals surface area (Å²) in [5.41, 5.74) is 0. The summed E-state index contributed by atoms with van der Waals surface area (Å²) in [5, 5.41) is 0. The first-order chi connectivity index (χ1) is 6.35. The predicted molar refractivity (Wildman–Crippen MR) is 64.1 cm³/mol. The van der Waals surface area contributed by atoms with E-state index in [0.717, 1.165) is 6.42 Å². The number of hydrogen-bond acceptors (Lipinski definition) is 2. The van der Waals surface area contributed by atoms with E-state index in [2.05, 4.69) is 36.1 Å². The van der Waals surface area contributed by atoms with Crippen molar-refractivity contribution in [1.82, 2.24) is 0 Å². The molecule has 0 aromatic carbocycles. The van der Waals surface area contributed by atoms with E-state index < -0.39 is 0 Å². The zero-order chi connectivity index (χ0) is 9.94. The molecule has 1 atom stereocenters. The third kappa shape index (κ3) is 8.71. The maximum atomic E-state index is 5.43. The van der Waals surface area contributed by atoms with Gasteiger partial charge < -0.3 is 9.47 Å². The van der Waals surface area contributed by atoms with Gasteiger partial charge in [0.25, 0.3) is 0 Å². The van der Waals surface area contributed by atoms with Crippen molar-refractivity contribution in [2.45, 2.75) is 38.7 Å². The minimum atomic E-state index is 0.162. The molecule has 3 heteroatoms. The third-order valence-electron chi connectivity index (χ3n) is 1.80. The van der Waals surface area contributed by atoms with Gasteiger partial charge in [0, 0.05) is 0 Å². The van der Waals surface area contributed by atoms with Crippen molar-refractivity contribution in [3.8, 4) is 0 Å². The van der Waals surface area contributed by atoms with Crippen molar-refractivity contribution in [2.75, 3.05) is 11.4 Å². The zero-order valence-corrected chi connectivity index (χ0v) is 10.5. The van der Waals surface area contributed by atoms with Crippen LogP contribution in [0.3, 0.4) is 0 Å². The van der Waals surface area contributed by atoms with Crippen LogP contribution in [-0.2, 0) is 9.47 Å². The van der Waals surface area contributed by atoms with Gasteiger partial charge in [0.2, 0.25) is 0 Å². The second-order valence-electron chi connectivity index (χ2n) is 2.87. The first-order valence-electron chi connectivity index (χ1n) is 4.73. The van der Waals surface area contributed by atoms with Gasteiger partial charge in [0.15, 0.2) is 0 Å². The molecule has 13 heavy (non-hydrogen) atoms. The molecule has 2 nitrogen and oxygen atoms in total. The second kappa shape index (κ2) is 10.5. The fourth-order valence-electron chi connectivity index (χ4n) is 1.03. The Morgan fingerprint density at radius 1 is 1.46 bits per heavy atom. The third-order valence-corrected chi connectivity index (χ3v) is 2.24. The number of hydrogen-bond donors (Lipinski definition) is 0. The van der Waals surface area contributed by atoms with Crippen molar-refractivity contribution in [3.05, 3.63) is 12.7 Å². The number of halogens is 1. The van der Waals surface area contributed by atoms with Gasteiger partial charge in [-0.15, -0.1) is 6.58 Å². The minimum absolute atomic E-state index is 0.162. The molecule has 0 aromatic heterocycles. The van der Waals surface area contributed by atoms with Crippen LogP contribution < -0.4 is 0 Å². The number of alkyl halides is 1. The van der Waals surface area contributed by atoms with Crippen LogP contribution in [0.1, 0.15) is 32.6 Å². The molecule has 0 spiro atoms. The summed E-state index contributed by atoms with van der Waals surface area (Å²) in [6, 6.07) is 0. The quantitative estimate of drug-likeness (QED) is 0.213. The molecule has 0 aliphatic heterocycles.